The number of esters is 1. The molecule has 7 nitrogen and oxygen atoms in total. The maximum atomic E-state index is 12.0. The number of carbonyl (C=O) groups excluding carboxylic acids is 2. The van der Waals surface area contributed by atoms with Crippen LogP contribution in [-0.2, 0) is 20.9 Å². The number of hydrogen-bond acceptors (Lipinski definition) is 5. The van der Waals surface area contributed by atoms with Crippen molar-refractivity contribution >= 4 is 18.0 Å². The predicted octanol–water partition coefficient (Wildman–Crippen LogP) is 1.65. The summed E-state index contributed by atoms with van der Waals surface area (Å²) in [7, 11) is 1.30. The van der Waals surface area contributed by atoms with Gasteiger partial charge in [0.2, 0.25) is 5.91 Å². The summed E-state index contributed by atoms with van der Waals surface area (Å²) in [5, 5.41) is 10.7. The van der Waals surface area contributed by atoms with Gasteiger partial charge in [-0.05, 0) is 17.6 Å². The summed E-state index contributed by atoms with van der Waals surface area (Å²) in [6.07, 6.45) is 4.63. The number of amides is 1. The molecule has 0 radical (unpaired) electrons. The minimum absolute atomic E-state index is 0.0726. The molecule has 1 amide bonds. The predicted molar refractivity (Wildman–Crippen MR) is 93.4 cm³/mol. The Morgan fingerprint density at radius 2 is 2.00 bits per heavy atom. The first-order valence-electron chi connectivity index (χ1n) is 8.00. The number of methoxy groups -OCH3 is 1. The molecule has 0 aliphatic carbocycles. The van der Waals surface area contributed by atoms with Crippen LogP contribution in [0.25, 0.3) is 6.08 Å². The first-order valence-corrected chi connectivity index (χ1v) is 8.00. The first-order chi connectivity index (χ1) is 12.0. The van der Waals surface area contributed by atoms with Gasteiger partial charge in [0.05, 0.1) is 19.9 Å². The fourth-order valence-corrected chi connectivity index (χ4v) is 2.22. The fourth-order valence-electron chi connectivity index (χ4n) is 2.22. The molecule has 0 saturated heterocycles. The van der Waals surface area contributed by atoms with E-state index in [4.69, 9.17) is 4.74 Å². The Morgan fingerprint density at radius 1 is 1.28 bits per heavy atom. The Kier molecular flexibility index (Phi) is 6.45. The number of hydrogen-bond donors (Lipinski definition) is 1. The van der Waals surface area contributed by atoms with Gasteiger partial charge < -0.3 is 10.1 Å². The van der Waals surface area contributed by atoms with Crippen LogP contribution in [0.15, 0.2) is 42.6 Å². The van der Waals surface area contributed by atoms with E-state index in [1.807, 2.05) is 44.2 Å². The average Bonchev–Trinajstić information content (AvgIpc) is 3.05. The van der Waals surface area contributed by atoms with E-state index in [0.29, 0.717) is 12.2 Å². The van der Waals surface area contributed by atoms with E-state index in [0.717, 1.165) is 5.56 Å². The van der Waals surface area contributed by atoms with Crippen LogP contribution in [0.4, 0.5) is 0 Å². The molecule has 1 aromatic carbocycles. The van der Waals surface area contributed by atoms with E-state index in [9.17, 15) is 9.59 Å². The highest BCUT2D eigenvalue weighted by atomic mass is 16.5. The van der Waals surface area contributed by atoms with Gasteiger partial charge in [-0.1, -0.05) is 49.4 Å². The van der Waals surface area contributed by atoms with Gasteiger partial charge in [-0.2, -0.15) is 0 Å². The number of benzene rings is 1. The lowest BCUT2D eigenvalue weighted by Crippen LogP contribution is -2.44. The molecule has 2 aromatic rings. The topological polar surface area (TPSA) is 86.1 Å². The second-order valence-electron chi connectivity index (χ2n) is 5.91. The van der Waals surface area contributed by atoms with E-state index in [1.165, 1.54) is 13.2 Å². The van der Waals surface area contributed by atoms with E-state index >= 15 is 0 Å². The van der Waals surface area contributed by atoms with Crippen molar-refractivity contribution in [3.8, 4) is 0 Å². The average molecular weight is 342 g/mol. The second kappa shape index (κ2) is 8.77. The molecular weight excluding hydrogens is 320 g/mol. The van der Waals surface area contributed by atoms with E-state index in [2.05, 4.69) is 15.6 Å². The number of rotatable bonds is 7. The number of ether oxygens (including phenoxy) is 1. The minimum atomic E-state index is -0.684. The standard InChI is InChI=1S/C18H22N4O3/c1-13(2)17(18(24)25-3)19-16(23)10-9-15-12-22(21-20-15)11-14-7-5-4-6-8-14/h4-10,12-13,17H,11H2,1-3H3,(H,19,23)/b10-9+. The van der Waals surface area contributed by atoms with Crippen LogP contribution in [0.3, 0.4) is 0 Å². The Labute approximate surface area is 146 Å². The molecule has 1 unspecified atom stereocenters. The Balaban J connectivity index is 1.95. The van der Waals surface area contributed by atoms with Gasteiger partial charge in [0.25, 0.3) is 0 Å². The van der Waals surface area contributed by atoms with Gasteiger partial charge in [-0.3, -0.25) is 4.79 Å². The van der Waals surface area contributed by atoms with Crippen LogP contribution in [0.2, 0.25) is 0 Å². The molecular formula is C18H22N4O3. The van der Waals surface area contributed by atoms with Crippen molar-refractivity contribution < 1.29 is 14.3 Å². The third kappa shape index (κ3) is 5.56. The van der Waals surface area contributed by atoms with Crippen LogP contribution >= 0.6 is 0 Å². The van der Waals surface area contributed by atoms with Crippen LogP contribution in [0.1, 0.15) is 25.1 Å². The molecule has 0 aliphatic heterocycles. The summed E-state index contributed by atoms with van der Waals surface area (Å²) in [6.45, 7) is 4.27. The molecule has 7 heteroatoms. The third-order valence-corrected chi connectivity index (χ3v) is 3.57. The molecule has 0 aliphatic rings. The van der Waals surface area contributed by atoms with Crippen LogP contribution in [0, 0.1) is 5.92 Å². The SMILES string of the molecule is COC(=O)C(NC(=O)/C=C/c1cn(Cc2ccccc2)nn1)C(C)C. The van der Waals surface area contributed by atoms with Gasteiger partial charge in [0.15, 0.2) is 0 Å². The molecule has 132 valence electrons. The smallest absolute Gasteiger partial charge is 0.328 e. The maximum absolute atomic E-state index is 12.0. The normalized spacial score (nSPS) is 12.3. The van der Waals surface area contributed by atoms with Crippen LogP contribution in [-0.4, -0.2) is 40.0 Å². The minimum Gasteiger partial charge on any atom is -0.467 e. The lowest BCUT2D eigenvalue weighted by molar-refractivity contribution is -0.145. The number of carbonyl (C=O) groups is 2. The Morgan fingerprint density at radius 3 is 2.64 bits per heavy atom. The number of nitrogens with one attached hydrogen (secondary N) is 1. The Hall–Kier alpha value is -2.96. The summed E-state index contributed by atoms with van der Waals surface area (Å²) in [5.41, 5.74) is 1.67. The van der Waals surface area contributed by atoms with Gasteiger partial charge in [0, 0.05) is 6.08 Å². The highest BCUT2D eigenvalue weighted by molar-refractivity contribution is 5.94. The quantitative estimate of drug-likeness (QED) is 0.611. The summed E-state index contributed by atoms with van der Waals surface area (Å²) in [6, 6.07) is 9.20. The van der Waals surface area contributed by atoms with Crippen molar-refractivity contribution in [2.75, 3.05) is 7.11 Å². The molecule has 1 heterocycles. The summed E-state index contributed by atoms with van der Waals surface area (Å²) in [4.78, 5) is 23.6. The molecule has 1 N–H and O–H groups in total. The van der Waals surface area contributed by atoms with Gasteiger partial charge in [-0.25, -0.2) is 9.48 Å². The van der Waals surface area contributed by atoms with Crippen molar-refractivity contribution in [1.82, 2.24) is 20.3 Å². The lowest BCUT2D eigenvalue weighted by Gasteiger charge is -2.18. The van der Waals surface area contributed by atoms with Gasteiger partial charge >= 0.3 is 5.97 Å². The molecule has 2 rings (SSSR count). The zero-order valence-corrected chi connectivity index (χ0v) is 14.5. The molecule has 1 atom stereocenters. The summed E-state index contributed by atoms with van der Waals surface area (Å²) < 4.78 is 6.39. The molecule has 0 saturated carbocycles. The lowest BCUT2D eigenvalue weighted by atomic mass is 10.0. The largest absolute Gasteiger partial charge is 0.467 e. The highest BCUT2D eigenvalue weighted by Crippen LogP contribution is 2.05. The molecule has 1 aromatic heterocycles. The zero-order chi connectivity index (χ0) is 18.2. The van der Waals surface area contributed by atoms with Crippen LogP contribution in [0.5, 0.6) is 0 Å². The van der Waals surface area contributed by atoms with Crippen molar-refractivity contribution in [3.63, 3.8) is 0 Å². The van der Waals surface area contributed by atoms with E-state index in [1.54, 1.807) is 17.0 Å². The monoisotopic (exact) mass is 342 g/mol. The van der Waals surface area contributed by atoms with E-state index < -0.39 is 12.0 Å². The van der Waals surface area contributed by atoms with Crippen LogP contribution < -0.4 is 5.32 Å². The van der Waals surface area contributed by atoms with Gasteiger partial charge in [-0.15, -0.1) is 5.10 Å². The molecule has 0 spiro atoms. The van der Waals surface area contributed by atoms with Gasteiger partial charge in [0.1, 0.15) is 11.7 Å². The molecule has 0 bridgehead atoms. The summed E-state index contributed by atoms with van der Waals surface area (Å²) in [5.74, 6) is -0.927. The second-order valence-corrected chi connectivity index (χ2v) is 5.91. The number of aromatic nitrogens is 3. The van der Waals surface area contributed by atoms with Crippen molar-refractivity contribution in [2.45, 2.75) is 26.4 Å². The molecule has 0 fully saturated rings. The highest BCUT2D eigenvalue weighted by Gasteiger charge is 2.23. The zero-order valence-electron chi connectivity index (χ0n) is 14.5. The fraction of sp³-hybridized carbons (Fsp3) is 0.333. The summed E-state index contributed by atoms with van der Waals surface area (Å²) >= 11 is 0. The van der Waals surface area contributed by atoms with Crippen molar-refractivity contribution in [1.29, 1.82) is 0 Å². The number of nitrogens with zero attached hydrogens (tertiary/aromatic N) is 3. The first kappa shape index (κ1) is 18.4. The Bertz CT molecular complexity index is 738. The third-order valence-electron chi connectivity index (χ3n) is 3.57. The maximum Gasteiger partial charge on any atom is 0.328 e. The van der Waals surface area contributed by atoms with E-state index in [-0.39, 0.29) is 11.8 Å². The van der Waals surface area contributed by atoms with Crippen molar-refractivity contribution in [3.05, 3.63) is 53.9 Å². The molecule has 25 heavy (non-hydrogen) atoms. The van der Waals surface area contributed by atoms with Crippen molar-refractivity contribution in [2.24, 2.45) is 5.92 Å².